The molecule has 0 aromatic carbocycles. The fourth-order valence-corrected chi connectivity index (χ4v) is 2.93. The maximum atomic E-state index is 5.75. The van der Waals surface area contributed by atoms with Gasteiger partial charge in [0.25, 0.3) is 0 Å². The first kappa shape index (κ1) is 15.8. The SMILES string of the molecule is C1=C(c2cncnc2Nc2ccc(N3CCOCC3)nc2)OCCC1. The minimum Gasteiger partial charge on any atom is -0.493 e. The quantitative estimate of drug-likeness (QED) is 0.918. The Morgan fingerprint density at radius 3 is 2.72 bits per heavy atom. The molecule has 0 bridgehead atoms. The maximum absolute atomic E-state index is 5.75. The van der Waals surface area contributed by atoms with Crippen LogP contribution in [0.1, 0.15) is 18.4 Å². The number of hydrogen-bond donors (Lipinski definition) is 1. The zero-order valence-corrected chi connectivity index (χ0v) is 14.0. The van der Waals surface area contributed by atoms with Crippen LogP contribution < -0.4 is 10.2 Å². The number of ether oxygens (including phenoxy) is 2. The van der Waals surface area contributed by atoms with Gasteiger partial charge in [0, 0.05) is 19.3 Å². The molecule has 7 nitrogen and oxygen atoms in total. The molecular weight excluding hydrogens is 318 g/mol. The van der Waals surface area contributed by atoms with Crippen LogP contribution in [0.25, 0.3) is 5.76 Å². The summed E-state index contributed by atoms with van der Waals surface area (Å²) in [5.41, 5.74) is 1.76. The average Bonchev–Trinajstić information content (AvgIpc) is 2.70. The Labute approximate surface area is 146 Å². The number of nitrogens with one attached hydrogen (secondary N) is 1. The Morgan fingerprint density at radius 2 is 1.96 bits per heavy atom. The Hall–Kier alpha value is -2.67. The highest BCUT2D eigenvalue weighted by atomic mass is 16.5. The number of pyridine rings is 1. The van der Waals surface area contributed by atoms with E-state index in [1.807, 2.05) is 18.3 Å². The molecule has 1 fully saturated rings. The molecule has 2 aliphatic heterocycles. The summed E-state index contributed by atoms with van der Waals surface area (Å²) in [6, 6.07) is 4.03. The first-order chi connectivity index (χ1) is 12.4. The van der Waals surface area contributed by atoms with E-state index in [4.69, 9.17) is 9.47 Å². The molecule has 4 rings (SSSR count). The molecule has 130 valence electrons. The van der Waals surface area contributed by atoms with E-state index < -0.39 is 0 Å². The predicted octanol–water partition coefficient (Wildman–Crippen LogP) is 2.60. The highest BCUT2D eigenvalue weighted by Gasteiger charge is 2.15. The van der Waals surface area contributed by atoms with Gasteiger partial charge in [-0.3, -0.25) is 0 Å². The normalized spacial score (nSPS) is 17.6. The number of hydrogen-bond acceptors (Lipinski definition) is 7. The third-order valence-corrected chi connectivity index (χ3v) is 4.26. The second kappa shape index (κ2) is 7.48. The van der Waals surface area contributed by atoms with Crippen LogP contribution in [0, 0.1) is 0 Å². The maximum Gasteiger partial charge on any atom is 0.144 e. The summed E-state index contributed by atoms with van der Waals surface area (Å²) in [5, 5.41) is 3.32. The van der Waals surface area contributed by atoms with Crippen LogP contribution in [0.5, 0.6) is 0 Å². The van der Waals surface area contributed by atoms with Crippen LogP contribution in [0.2, 0.25) is 0 Å². The summed E-state index contributed by atoms with van der Waals surface area (Å²) in [6.07, 6.45) is 9.29. The molecule has 0 amide bonds. The van der Waals surface area contributed by atoms with Gasteiger partial charge in [-0.15, -0.1) is 0 Å². The van der Waals surface area contributed by atoms with Crippen molar-refractivity contribution in [1.82, 2.24) is 15.0 Å². The van der Waals surface area contributed by atoms with Crippen LogP contribution in [-0.2, 0) is 9.47 Å². The zero-order chi connectivity index (χ0) is 16.9. The Kier molecular flexibility index (Phi) is 4.74. The van der Waals surface area contributed by atoms with Crippen molar-refractivity contribution in [3.8, 4) is 0 Å². The van der Waals surface area contributed by atoms with Crippen LogP contribution in [0.3, 0.4) is 0 Å². The summed E-state index contributed by atoms with van der Waals surface area (Å²) >= 11 is 0. The lowest BCUT2D eigenvalue weighted by Crippen LogP contribution is -2.36. The molecule has 0 saturated carbocycles. The molecule has 0 unspecified atom stereocenters. The van der Waals surface area contributed by atoms with Gasteiger partial charge >= 0.3 is 0 Å². The topological polar surface area (TPSA) is 72.4 Å². The average molecular weight is 339 g/mol. The molecule has 0 atom stereocenters. The summed E-state index contributed by atoms with van der Waals surface area (Å²) in [6.45, 7) is 3.99. The third kappa shape index (κ3) is 3.71. The van der Waals surface area contributed by atoms with Crippen LogP contribution >= 0.6 is 0 Å². The molecule has 7 heteroatoms. The van der Waals surface area contributed by atoms with Crippen molar-refractivity contribution in [2.45, 2.75) is 12.8 Å². The number of morpholine rings is 1. The van der Waals surface area contributed by atoms with Crippen molar-refractivity contribution < 1.29 is 9.47 Å². The van der Waals surface area contributed by atoms with E-state index in [9.17, 15) is 0 Å². The molecular formula is C18H21N5O2. The Balaban J connectivity index is 1.51. The number of anilines is 3. The molecule has 1 N–H and O–H groups in total. The van der Waals surface area contributed by atoms with Gasteiger partial charge in [-0.1, -0.05) is 0 Å². The second-order valence-corrected chi connectivity index (χ2v) is 5.97. The standard InChI is InChI=1S/C18H21N5O2/c1-2-8-25-16(3-1)15-12-19-13-21-18(15)22-14-4-5-17(20-11-14)23-6-9-24-10-7-23/h3-5,11-13H,1-2,6-10H2,(H,19,21,22). The number of nitrogens with zero attached hydrogens (tertiary/aromatic N) is 4. The van der Waals surface area contributed by atoms with Crippen LogP contribution in [0.15, 0.2) is 36.9 Å². The lowest BCUT2D eigenvalue weighted by Gasteiger charge is -2.27. The number of rotatable bonds is 4. The van der Waals surface area contributed by atoms with Crippen LogP contribution in [-0.4, -0.2) is 47.9 Å². The second-order valence-electron chi connectivity index (χ2n) is 5.97. The van der Waals surface area contributed by atoms with Gasteiger partial charge in [0.1, 0.15) is 23.7 Å². The first-order valence-corrected chi connectivity index (χ1v) is 8.59. The highest BCUT2D eigenvalue weighted by Crippen LogP contribution is 2.28. The summed E-state index contributed by atoms with van der Waals surface area (Å²) in [4.78, 5) is 15.3. The molecule has 0 radical (unpaired) electrons. The molecule has 2 aliphatic rings. The van der Waals surface area contributed by atoms with Crippen molar-refractivity contribution in [3.63, 3.8) is 0 Å². The van der Waals surface area contributed by atoms with Crippen molar-refractivity contribution >= 4 is 23.1 Å². The van der Waals surface area contributed by atoms with E-state index in [1.54, 1.807) is 6.20 Å². The van der Waals surface area contributed by atoms with Gasteiger partial charge in [-0.2, -0.15) is 0 Å². The van der Waals surface area contributed by atoms with E-state index in [2.05, 4.69) is 31.2 Å². The molecule has 0 aliphatic carbocycles. The smallest absolute Gasteiger partial charge is 0.144 e. The number of aromatic nitrogens is 3. The lowest BCUT2D eigenvalue weighted by atomic mass is 10.1. The van der Waals surface area contributed by atoms with Gasteiger partial charge in [-0.05, 0) is 31.1 Å². The highest BCUT2D eigenvalue weighted by molar-refractivity contribution is 5.73. The molecule has 4 heterocycles. The van der Waals surface area contributed by atoms with Gasteiger partial charge in [0.15, 0.2) is 0 Å². The molecule has 0 spiro atoms. The van der Waals surface area contributed by atoms with Crippen molar-refractivity contribution in [1.29, 1.82) is 0 Å². The van der Waals surface area contributed by atoms with Crippen molar-refractivity contribution in [2.75, 3.05) is 43.1 Å². The summed E-state index contributed by atoms with van der Waals surface area (Å²) in [5.74, 6) is 2.53. The minimum absolute atomic E-state index is 0.726. The number of allylic oxidation sites excluding steroid dienone is 1. The zero-order valence-electron chi connectivity index (χ0n) is 14.0. The van der Waals surface area contributed by atoms with Crippen molar-refractivity contribution in [2.24, 2.45) is 0 Å². The van der Waals surface area contributed by atoms with E-state index >= 15 is 0 Å². The van der Waals surface area contributed by atoms with Gasteiger partial charge in [0.05, 0.1) is 37.3 Å². The van der Waals surface area contributed by atoms with Gasteiger partial charge in [0.2, 0.25) is 0 Å². The molecule has 2 aromatic heterocycles. The van der Waals surface area contributed by atoms with Crippen molar-refractivity contribution in [3.05, 3.63) is 42.5 Å². The first-order valence-electron chi connectivity index (χ1n) is 8.59. The van der Waals surface area contributed by atoms with E-state index in [-0.39, 0.29) is 0 Å². The minimum atomic E-state index is 0.726. The monoisotopic (exact) mass is 339 g/mol. The largest absolute Gasteiger partial charge is 0.493 e. The van der Waals surface area contributed by atoms with Gasteiger partial charge < -0.3 is 19.7 Å². The Morgan fingerprint density at radius 1 is 1.04 bits per heavy atom. The Bertz CT molecular complexity index is 741. The van der Waals surface area contributed by atoms with E-state index in [0.717, 1.165) is 74.4 Å². The fraction of sp³-hybridized carbons (Fsp3) is 0.389. The molecule has 25 heavy (non-hydrogen) atoms. The molecule has 1 saturated heterocycles. The fourth-order valence-electron chi connectivity index (χ4n) is 2.93. The van der Waals surface area contributed by atoms with E-state index in [1.165, 1.54) is 6.33 Å². The van der Waals surface area contributed by atoms with Gasteiger partial charge in [-0.25, -0.2) is 15.0 Å². The van der Waals surface area contributed by atoms with Crippen LogP contribution in [0.4, 0.5) is 17.3 Å². The summed E-state index contributed by atoms with van der Waals surface area (Å²) < 4.78 is 11.1. The lowest BCUT2D eigenvalue weighted by molar-refractivity contribution is 0.122. The summed E-state index contributed by atoms with van der Waals surface area (Å²) in [7, 11) is 0. The molecule has 2 aromatic rings. The third-order valence-electron chi connectivity index (χ3n) is 4.26. The van der Waals surface area contributed by atoms with E-state index in [0.29, 0.717) is 0 Å². The predicted molar refractivity (Wildman–Crippen MR) is 95.7 cm³/mol.